The van der Waals surface area contributed by atoms with Crippen LogP contribution in [0.1, 0.15) is 24.8 Å². The van der Waals surface area contributed by atoms with Gasteiger partial charge in [0.2, 0.25) is 0 Å². The molecule has 4 heteroatoms. The fourth-order valence-corrected chi connectivity index (χ4v) is 3.04. The third-order valence-electron chi connectivity index (χ3n) is 3.18. The van der Waals surface area contributed by atoms with Crippen LogP contribution in [0.2, 0.25) is 0 Å². The molecule has 0 unspecified atom stereocenters. The SMILES string of the molecule is COC(=O)CC1(CSc2ncccc2C)CC1. The minimum atomic E-state index is -0.0964. The Bertz CT molecular complexity index is 416. The number of aryl methyl sites for hydroxylation is 1. The van der Waals surface area contributed by atoms with Gasteiger partial charge < -0.3 is 4.74 Å². The zero-order chi connectivity index (χ0) is 12.3. The highest BCUT2D eigenvalue weighted by molar-refractivity contribution is 7.99. The van der Waals surface area contributed by atoms with Crippen molar-refractivity contribution in [2.24, 2.45) is 5.41 Å². The predicted octanol–water partition coefficient (Wildman–Crippen LogP) is 2.83. The molecule has 92 valence electrons. The summed E-state index contributed by atoms with van der Waals surface area (Å²) in [5.41, 5.74) is 1.37. The number of ether oxygens (including phenoxy) is 1. The van der Waals surface area contributed by atoms with Gasteiger partial charge in [-0.3, -0.25) is 4.79 Å². The molecule has 0 aromatic carbocycles. The van der Waals surface area contributed by atoms with Crippen LogP contribution in [0.15, 0.2) is 23.4 Å². The zero-order valence-corrected chi connectivity index (χ0v) is 11.0. The minimum absolute atomic E-state index is 0.0964. The van der Waals surface area contributed by atoms with Crippen LogP contribution in [0.5, 0.6) is 0 Å². The van der Waals surface area contributed by atoms with Crippen molar-refractivity contribution < 1.29 is 9.53 Å². The van der Waals surface area contributed by atoms with E-state index in [1.807, 2.05) is 12.3 Å². The van der Waals surface area contributed by atoms with Crippen molar-refractivity contribution in [2.45, 2.75) is 31.2 Å². The molecule has 3 nitrogen and oxygen atoms in total. The maximum Gasteiger partial charge on any atom is 0.306 e. The average molecular weight is 251 g/mol. The van der Waals surface area contributed by atoms with E-state index < -0.39 is 0 Å². The molecule has 2 rings (SSSR count). The first-order chi connectivity index (χ1) is 8.15. The lowest BCUT2D eigenvalue weighted by Crippen LogP contribution is -2.13. The average Bonchev–Trinajstić information content (AvgIpc) is 3.08. The molecule has 1 fully saturated rings. The molecule has 1 aliphatic carbocycles. The molecular formula is C13H17NO2S. The van der Waals surface area contributed by atoms with Gasteiger partial charge in [-0.25, -0.2) is 4.98 Å². The second-order valence-electron chi connectivity index (χ2n) is 4.67. The molecule has 0 aliphatic heterocycles. The van der Waals surface area contributed by atoms with E-state index in [4.69, 9.17) is 4.74 Å². The molecule has 1 aromatic rings. The van der Waals surface area contributed by atoms with Crippen LogP contribution >= 0.6 is 11.8 Å². The predicted molar refractivity (Wildman–Crippen MR) is 68.0 cm³/mol. The van der Waals surface area contributed by atoms with E-state index in [1.54, 1.807) is 11.8 Å². The van der Waals surface area contributed by atoms with Gasteiger partial charge in [0.25, 0.3) is 0 Å². The number of carbonyl (C=O) groups is 1. The third kappa shape index (κ3) is 3.22. The maximum atomic E-state index is 11.3. The molecule has 0 bridgehead atoms. The summed E-state index contributed by atoms with van der Waals surface area (Å²) in [5.74, 6) is 0.862. The van der Waals surface area contributed by atoms with Gasteiger partial charge in [0, 0.05) is 11.9 Å². The maximum absolute atomic E-state index is 11.3. The summed E-state index contributed by atoms with van der Waals surface area (Å²) in [6, 6.07) is 4.01. The van der Waals surface area contributed by atoms with Gasteiger partial charge in [-0.05, 0) is 36.8 Å². The van der Waals surface area contributed by atoms with Gasteiger partial charge in [-0.2, -0.15) is 0 Å². The Morgan fingerprint density at radius 1 is 1.59 bits per heavy atom. The number of carbonyl (C=O) groups excluding carboxylic acids is 1. The largest absolute Gasteiger partial charge is 0.469 e. The van der Waals surface area contributed by atoms with Gasteiger partial charge in [0.1, 0.15) is 0 Å². The number of nitrogens with zero attached hydrogens (tertiary/aromatic N) is 1. The lowest BCUT2D eigenvalue weighted by Gasteiger charge is -2.13. The van der Waals surface area contributed by atoms with Crippen molar-refractivity contribution >= 4 is 17.7 Å². The van der Waals surface area contributed by atoms with E-state index >= 15 is 0 Å². The third-order valence-corrected chi connectivity index (χ3v) is 4.64. The van der Waals surface area contributed by atoms with Crippen molar-refractivity contribution in [2.75, 3.05) is 12.9 Å². The first-order valence-electron chi connectivity index (χ1n) is 5.76. The summed E-state index contributed by atoms with van der Waals surface area (Å²) >= 11 is 1.75. The van der Waals surface area contributed by atoms with Crippen molar-refractivity contribution in [1.82, 2.24) is 4.98 Å². The van der Waals surface area contributed by atoms with E-state index in [9.17, 15) is 4.79 Å². The molecule has 1 aromatic heterocycles. The number of esters is 1. The Morgan fingerprint density at radius 2 is 2.35 bits per heavy atom. The number of hydrogen-bond acceptors (Lipinski definition) is 4. The van der Waals surface area contributed by atoms with E-state index in [1.165, 1.54) is 12.7 Å². The molecule has 0 amide bonds. The second kappa shape index (κ2) is 5.08. The molecule has 1 heterocycles. The van der Waals surface area contributed by atoms with Gasteiger partial charge in [-0.15, -0.1) is 11.8 Å². The van der Waals surface area contributed by atoms with Crippen molar-refractivity contribution in [3.8, 4) is 0 Å². The highest BCUT2D eigenvalue weighted by Crippen LogP contribution is 2.52. The molecule has 1 saturated carbocycles. The Kier molecular flexibility index (Phi) is 3.72. The molecule has 0 radical (unpaired) electrons. The molecular weight excluding hydrogens is 234 g/mol. The molecule has 0 spiro atoms. The Hall–Kier alpha value is -1.03. The molecule has 0 atom stereocenters. The number of hydrogen-bond donors (Lipinski definition) is 0. The zero-order valence-electron chi connectivity index (χ0n) is 10.2. The van der Waals surface area contributed by atoms with Crippen molar-refractivity contribution in [1.29, 1.82) is 0 Å². The number of pyridine rings is 1. The van der Waals surface area contributed by atoms with Crippen molar-refractivity contribution in [3.05, 3.63) is 23.9 Å². The minimum Gasteiger partial charge on any atom is -0.469 e. The van der Waals surface area contributed by atoms with Crippen LogP contribution in [0.3, 0.4) is 0 Å². The smallest absolute Gasteiger partial charge is 0.306 e. The molecule has 17 heavy (non-hydrogen) atoms. The highest BCUT2D eigenvalue weighted by Gasteiger charge is 2.44. The normalized spacial score (nSPS) is 16.6. The summed E-state index contributed by atoms with van der Waals surface area (Å²) in [6.45, 7) is 2.06. The van der Waals surface area contributed by atoms with Gasteiger partial charge in [-0.1, -0.05) is 6.07 Å². The van der Waals surface area contributed by atoms with Crippen LogP contribution in [0.25, 0.3) is 0 Å². The molecule has 0 saturated heterocycles. The van der Waals surface area contributed by atoms with E-state index in [2.05, 4.69) is 18.0 Å². The Labute approximate surface area is 106 Å². The summed E-state index contributed by atoms with van der Waals surface area (Å²) < 4.78 is 4.74. The first kappa shape index (κ1) is 12.4. The highest BCUT2D eigenvalue weighted by atomic mass is 32.2. The summed E-state index contributed by atoms with van der Waals surface area (Å²) in [4.78, 5) is 15.7. The topological polar surface area (TPSA) is 39.2 Å². The number of thioether (sulfide) groups is 1. The summed E-state index contributed by atoms with van der Waals surface area (Å²) in [7, 11) is 1.45. The summed E-state index contributed by atoms with van der Waals surface area (Å²) in [6.07, 6.45) is 4.61. The fraction of sp³-hybridized carbons (Fsp3) is 0.538. The second-order valence-corrected chi connectivity index (χ2v) is 5.63. The van der Waals surface area contributed by atoms with E-state index in [-0.39, 0.29) is 11.4 Å². The van der Waals surface area contributed by atoms with Gasteiger partial charge in [0.05, 0.1) is 18.6 Å². The van der Waals surface area contributed by atoms with E-state index in [0.29, 0.717) is 6.42 Å². The van der Waals surface area contributed by atoms with Crippen LogP contribution < -0.4 is 0 Å². The monoisotopic (exact) mass is 251 g/mol. The van der Waals surface area contributed by atoms with Crippen LogP contribution in [-0.2, 0) is 9.53 Å². The Morgan fingerprint density at radius 3 is 2.94 bits per heavy atom. The molecule has 1 aliphatic rings. The lowest BCUT2D eigenvalue weighted by atomic mass is 10.1. The standard InChI is InChI=1S/C13H17NO2S/c1-10-4-3-7-14-12(10)17-9-13(5-6-13)8-11(15)16-2/h3-4,7H,5-6,8-9H2,1-2H3. The van der Waals surface area contributed by atoms with Crippen molar-refractivity contribution in [3.63, 3.8) is 0 Å². The number of aromatic nitrogens is 1. The van der Waals surface area contributed by atoms with Crippen LogP contribution in [-0.4, -0.2) is 23.8 Å². The molecule has 0 N–H and O–H groups in total. The van der Waals surface area contributed by atoms with Crippen LogP contribution in [0, 0.1) is 12.3 Å². The first-order valence-corrected chi connectivity index (χ1v) is 6.75. The fourth-order valence-electron chi connectivity index (χ4n) is 1.77. The van der Waals surface area contributed by atoms with Crippen LogP contribution in [0.4, 0.5) is 0 Å². The number of methoxy groups -OCH3 is 1. The summed E-state index contributed by atoms with van der Waals surface area (Å²) in [5, 5.41) is 1.07. The Balaban J connectivity index is 1.90. The van der Waals surface area contributed by atoms with E-state index in [0.717, 1.165) is 23.6 Å². The lowest BCUT2D eigenvalue weighted by molar-refractivity contribution is -0.141. The van der Waals surface area contributed by atoms with Gasteiger partial charge in [0.15, 0.2) is 0 Å². The quantitative estimate of drug-likeness (QED) is 0.596. The number of rotatable bonds is 5. The van der Waals surface area contributed by atoms with Gasteiger partial charge >= 0.3 is 5.97 Å².